The first-order valence-electron chi connectivity index (χ1n) is 5.39. The molecule has 0 bridgehead atoms. The molecule has 2 N–H and O–H groups in total. The number of nitrogens with two attached hydrogens (primary N) is 1. The molecule has 0 saturated heterocycles. The summed E-state index contributed by atoms with van der Waals surface area (Å²) in [5.74, 6) is 0.728. The average molecular weight is 249 g/mol. The number of benzene rings is 1. The Morgan fingerprint density at radius 2 is 2.29 bits per heavy atom. The Bertz CT molecular complexity index is 510. The van der Waals surface area contributed by atoms with E-state index in [1.54, 1.807) is 6.20 Å². The lowest BCUT2D eigenvalue weighted by molar-refractivity contribution is 0.341. The summed E-state index contributed by atoms with van der Waals surface area (Å²) in [7, 11) is 1.96. The van der Waals surface area contributed by atoms with Crippen LogP contribution in [-0.2, 0) is 7.05 Å². The molecule has 1 heterocycles. The van der Waals surface area contributed by atoms with E-state index in [2.05, 4.69) is 4.98 Å². The van der Waals surface area contributed by atoms with Crippen LogP contribution in [0.25, 0.3) is 0 Å². The van der Waals surface area contributed by atoms with Crippen LogP contribution in [0.5, 0.6) is 5.75 Å². The average Bonchev–Trinajstić information content (AvgIpc) is 2.70. The first-order chi connectivity index (χ1) is 8.22. The van der Waals surface area contributed by atoms with Gasteiger partial charge in [-0.2, -0.15) is 0 Å². The molecule has 4 nitrogen and oxygen atoms in total. The molecular formula is C12H15N3OS. The first kappa shape index (κ1) is 11.9. The summed E-state index contributed by atoms with van der Waals surface area (Å²) in [4.78, 5) is 5.22. The van der Waals surface area contributed by atoms with Crippen LogP contribution in [0, 0.1) is 0 Å². The second-order valence-electron chi connectivity index (χ2n) is 3.52. The quantitative estimate of drug-likeness (QED) is 0.846. The second-order valence-corrected chi connectivity index (χ2v) is 4.53. The highest BCUT2D eigenvalue weighted by molar-refractivity contribution is 7.99. The third kappa shape index (κ3) is 2.55. The SMILES string of the molecule is CCOc1cccc(Sc2nccn2C)c1N. The van der Waals surface area contributed by atoms with Crippen molar-refractivity contribution in [3.05, 3.63) is 30.6 Å². The van der Waals surface area contributed by atoms with Crippen LogP contribution in [0.4, 0.5) is 5.69 Å². The first-order valence-corrected chi connectivity index (χ1v) is 6.20. The summed E-state index contributed by atoms with van der Waals surface area (Å²) < 4.78 is 7.42. The van der Waals surface area contributed by atoms with Gasteiger partial charge in [-0.3, -0.25) is 0 Å². The maximum Gasteiger partial charge on any atom is 0.172 e. The number of aromatic nitrogens is 2. The summed E-state index contributed by atoms with van der Waals surface area (Å²) in [6.45, 7) is 2.55. The summed E-state index contributed by atoms with van der Waals surface area (Å²) >= 11 is 1.53. The van der Waals surface area contributed by atoms with Gasteiger partial charge in [-0.15, -0.1) is 0 Å². The van der Waals surface area contributed by atoms with Crippen molar-refractivity contribution in [3.8, 4) is 5.75 Å². The van der Waals surface area contributed by atoms with Crippen molar-refractivity contribution in [2.45, 2.75) is 17.0 Å². The molecule has 2 aromatic rings. The molecular weight excluding hydrogens is 234 g/mol. The molecule has 1 aromatic carbocycles. The molecule has 0 amide bonds. The monoisotopic (exact) mass is 249 g/mol. The predicted molar refractivity (Wildman–Crippen MR) is 69.4 cm³/mol. The van der Waals surface area contributed by atoms with Gasteiger partial charge in [0.25, 0.3) is 0 Å². The van der Waals surface area contributed by atoms with Crippen molar-refractivity contribution in [3.63, 3.8) is 0 Å². The van der Waals surface area contributed by atoms with Gasteiger partial charge in [0.1, 0.15) is 5.75 Å². The summed E-state index contributed by atoms with van der Waals surface area (Å²) in [6.07, 6.45) is 3.68. The molecule has 0 unspecified atom stereocenters. The van der Waals surface area contributed by atoms with Gasteiger partial charge < -0.3 is 15.0 Å². The molecule has 0 aliphatic heterocycles. The van der Waals surface area contributed by atoms with E-state index >= 15 is 0 Å². The van der Waals surface area contributed by atoms with E-state index < -0.39 is 0 Å². The molecule has 0 atom stereocenters. The number of para-hydroxylation sites is 1. The summed E-state index contributed by atoms with van der Waals surface area (Å²) in [6, 6.07) is 5.78. The van der Waals surface area contributed by atoms with E-state index in [1.807, 2.05) is 42.9 Å². The summed E-state index contributed by atoms with van der Waals surface area (Å²) in [5, 5.41) is 0.908. The van der Waals surface area contributed by atoms with Crippen molar-refractivity contribution < 1.29 is 4.74 Å². The molecule has 0 saturated carbocycles. The van der Waals surface area contributed by atoms with Crippen LogP contribution in [0.1, 0.15) is 6.92 Å². The zero-order valence-electron chi connectivity index (χ0n) is 9.88. The van der Waals surface area contributed by atoms with Crippen LogP contribution in [0.3, 0.4) is 0 Å². The minimum Gasteiger partial charge on any atom is -0.492 e. The molecule has 0 radical (unpaired) electrons. The number of hydrogen-bond acceptors (Lipinski definition) is 4. The second kappa shape index (κ2) is 5.14. The number of rotatable bonds is 4. The number of anilines is 1. The van der Waals surface area contributed by atoms with Gasteiger partial charge in [0.15, 0.2) is 5.16 Å². The standard InChI is InChI=1S/C12H15N3OS/c1-3-16-9-5-4-6-10(11(9)13)17-12-14-7-8-15(12)2/h4-8H,3,13H2,1-2H3. The highest BCUT2D eigenvalue weighted by Gasteiger charge is 2.09. The lowest BCUT2D eigenvalue weighted by atomic mass is 10.3. The molecule has 0 spiro atoms. The Morgan fingerprint density at radius 1 is 1.47 bits per heavy atom. The lowest BCUT2D eigenvalue weighted by Gasteiger charge is -2.10. The number of ether oxygens (including phenoxy) is 1. The van der Waals surface area contributed by atoms with Crippen molar-refractivity contribution in [1.82, 2.24) is 9.55 Å². The lowest BCUT2D eigenvalue weighted by Crippen LogP contribution is -1.98. The Labute approximate surface area is 105 Å². The van der Waals surface area contributed by atoms with Crippen LogP contribution in [-0.4, -0.2) is 16.2 Å². The maximum atomic E-state index is 6.05. The van der Waals surface area contributed by atoms with E-state index in [1.165, 1.54) is 11.8 Å². The van der Waals surface area contributed by atoms with Gasteiger partial charge >= 0.3 is 0 Å². The minimum absolute atomic E-state index is 0.612. The van der Waals surface area contributed by atoms with Crippen molar-refractivity contribution in [2.24, 2.45) is 7.05 Å². The molecule has 5 heteroatoms. The van der Waals surface area contributed by atoms with Crippen LogP contribution < -0.4 is 10.5 Å². The van der Waals surface area contributed by atoms with Gasteiger partial charge in [-0.25, -0.2) is 4.98 Å². The Hall–Kier alpha value is -1.62. The fraction of sp³-hybridized carbons (Fsp3) is 0.250. The molecule has 0 fully saturated rings. The predicted octanol–water partition coefficient (Wildman–Crippen LogP) is 2.55. The smallest absolute Gasteiger partial charge is 0.172 e. The number of imidazole rings is 1. The van der Waals surface area contributed by atoms with Crippen molar-refractivity contribution in [1.29, 1.82) is 0 Å². The molecule has 2 rings (SSSR count). The maximum absolute atomic E-state index is 6.05. The Morgan fingerprint density at radius 3 is 2.94 bits per heavy atom. The normalized spacial score (nSPS) is 10.5. The fourth-order valence-electron chi connectivity index (χ4n) is 1.44. The van der Waals surface area contributed by atoms with Gasteiger partial charge in [0.2, 0.25) is 0 Å². The third-order valence-electron chi connectivity index (χ3n) is 2.30. The van der Waals surface area contributed by atoms with E-state index in [9.17, 15) is 0 Å². The zero-order chi connectivity index (χ0) is 12.3. The van der Waals surface area contributed by atoms with Gasteiger partial charge in [-0.1, -0.05) is 6.07 Å². The van der Waals surface area contributed by atoms with Crippen LogP contribution in [0.2, 0.25) is 0 Å². The topological polar surface area (TPSA) is 53.1 Å². The molecule has 0 aliphatic rings. The zero-order valence-corrected chi connectivity index (χ0v) is 10.7. The van der Waals surface area contributed by atoms with E-state index in [0.717, 1.165) is 15.8 Å². The Kier molecular flexibility index (Phi) is 3.58. The number of nitrogen functional groups attached to an aromatic ring is 1. The number of hydrogen-bond donors (Lipinski definition) is 1. The molecule has 90 valence electrons. The highest BCUT2D eigenvalue weighted by Crippen LogP contribution is 2.35. The molecule has 0 aliphatic carbocycles. The van der Waals surface area contributed by atoms with E-state index in [-0.39, 0.29) is 0 Å². The Balaban J connectivity index is 2.27. The van der Waals surface area contributed by atoms with Gasteiger partial charge in [0, 0.05) is 24.3 Å². The van der Waals surface area contributed by atoms with E-state index in [4.69, 9.17) is 10.5 Å². The number of aryl methyl sites for hydroxylation is 1. The van der Waals surface area contributed by atoms with Crippen molar-refractivity contribution in [2.75, 3.05) is 12.3 Å². The largest absolute Gasteiger partial charge is 0.492 e. The third-order valence-corrected chi connectivity index (χ3v) is 3.46. The fourth-order valence-corrected chi connectivity index (χ4v) is 2.32. The van der Waals surface area contributed by atoms with E-state index in [0.29, 0.717) is 12.3 Å². The van der Waals surface area contributed by atoms with Crippen LogP contribution >= 0.6 is 11.8 Å². The number of nitrogens with zero attached hydrogens (tertiary/aromatic N) is 2. The molecule has 1 aromatic heterocycles. The summed E-state index contributed by atoms with van der Waals surface area (Å²) in [5.41, 5.74) is 6.72. The van der Waals surface area contributed by atoms with Gasteiger partial charge in [0.05, 0.1) is 12.3 Å². The van der Waals surface area contributed by atoms with Crippen molar-refractivity contribution >= 4 is 17.4 Å². The van der Waals surface area contributed by atoms with Gasteiger partial charge in [-0.05, 0) is 30.8 Å². The minimum atomic E-state index is 0.612. The molecule has 17 heavy (non-hydrogen) atoms. The highest BCUT2D eigenvalue weighted by atomic mass is 32.2. The van der Waals surface area contributed by atoms with Crippen LogP contribution in [0.15, 0.2) is 40.6 Å².